The average Bonchev–Trinajstić information content (AvgIpc) is 2.79. The number of para-hydroxylation sites is 2. The van der Waals surface area contributed by atoms with E-state index in [0.29, 0.717) is 12.3 Å². The van der Waals surface area contributed by atoms with Gasteiger partial charge in [-0.1, -0.05) is 37.6 Å². The van der Waals surface area contributed by atoms with Crippen molar-refractivity contribution < 1.29 is 23.9 Å². The zero-order chi connectivity index (χ0) is 22.6. The van der Waals surface area contributed by atoms with E-state index in [0.717, 1.165) is 12.8 Å². The van der Waals surface area contributed by atoms with E-state index >= 15 is 0 Å². The van der Waals surface area contributed by atoms with E-state index in [1.807, 2.05) is 6.92 Å². The molecule has 0 radical (unpaired) electrons. The number of unbranched alkanes of at least 4 members (excludes halogenated alkanes) is 1. The lowest BCUT2D eigenvalue weighted by Crippen LogP contribution is -2.17. The summed E-state index contributed by atoms with van der Waals surface area (Å²) in [6.07, 6.45) is 2.84. The minimum atomic E-state index is -0.727. The Kier molecular flexibility index (Phi) is 8.80. The number of rotatable bonds is 9. The van der Waals surface area contributed by atoms with Crippen molar-refractivity contribution in [3.8, 4) is 6.07 Å². The second-order valence-corrected chi connectivity index (χ2v) is 6.34. The van der Waals surface area contributed by atoms with Gasteiger partial charge in [-0.2, -0.15) is 5.26 Å². The van der Waals surface area contributed by atoms with E-state index in [-0.39, 0.29) is 22.4 Å². The number of benzene rings is 2. The van der Waals surface area contributed by atoms with Crippen LogP contribution in [0.15, 0.2) is 60.3 Å². The van der Waals surface area contributed by atoms with Crippen LogP contribution < -0.4 is 10.6 Å². The Morgan fingerprint density at radius 3 is 2.23 bits per heavy atom. The van der Waals surface area contributed by atoms with Gasteiger partial charge in [0.05, 0.1) is 36.2 Å². The first-order valence-corrected chi connectivity index (χ1v) is 9.63. The van der Waals surface area contributed by atoms with Crippen LogP contribution in [0.1, 0.15) is 40.5 Å². The lowest BCUT2D eigenvalue weighted by atomic mass is 10.1. The number of carbonyl (C=O) groups is 3. The predicted molar refractivity (Wildman–Crippen MR) is 115 cm³/mol. The van der Waals surface area contributed by atoms with Gasteiger partial charge in [-0.25, -0.2) is 9.59 Å². The largest absolute Gasteiger partial charge is 0.465 e. The zero-order valence-corrected chi connectivity index (χ0v) is 17.3. The second-order valence-electron chi connectivity index (χ2n) is 6.34. The Labute approximate surface area is 180 Å². The van der Waals surface area contributed by atoms with Crippen LogP contribution in [0.3, 0.4) is 0 Å². The third kappa shape index (κ3) is 6.44. The number of amides is 1. The van der Waals surface area contributed by atoms with E-state index in [2.05, 4.69) is 10.6 Å². The molecule has 0 spiro atoms. The maximum absolute atomic E-state index is 12.5. The molecule has 0 saturated heterocycles. The first-order chi connectivity index (χ1) is 15.0. The molecule has 2 N–H and O–H groups in total. The average molecular weight is 421 g/mol. The smallest absolute Gasteiger partial charge is 0.340 e. The van der Waals surface area contributed by atoms with E-state index < -0.39 is 17.8 Å². The van der Waals surface area contributed by atoms with Gasteiger partial charge >= 0.3 is 11.9 Å². The third-order valence-corrected chi connectivity index (χ3v) is 4.20. The van der Waals surface area contributed by atoms with Gasteiger partial charge in [-0.15, -0.1) is 0 Å². The molecule has 1 amide bonds. The molecule has 2 aromatic carbocycles. The molecule has 0 aromatic heterocycles. The maximum atomic E-state index is 12.5. The molecule has 0 atom stereocenters. The van der Waals surface area contributed by atoms with Gasteiger partial charge in [0.2, 0.25) is 0 Å². The number of methoxy groups -OCH3 is 1. The SMILES string of the molecule is CCCCOC(=O)c1ccccc1N/C=C(/C#N)C(=O)Nc1ccccc1C(=O)OC. The summed E-state index contributed by atoms with van der Waals surface area (Å²) in [7, 11) is 1.23. The second kappa shape index (κ2) is 11.8. The van der Waals surface area contributed by atoms with Gasteiger partial charge in [-0.05, 0) is 30.7 Å². The summed E-state index contributed by atoms with van der Waals surface area (Å²) in [6.45, 7) is 2.30. The normalized spacial score (nSPS) is 10.5. The molecule has 31 heavy (non-hydrogen) atoms. The molecule has 0 saturated carbocycles. The number of nitrogens with zero attached hydrogens (tertiary/aromatic N) is 1. The first-order valence-electron chi connectivity index (χ1n) is 9.63. The molecule has 2 rings (SSSR count). The van der Waals surface area contributed by atoms with Crippen LogP contribution >= 0.6 is 0 Å². The van der Waals surface area contributed by atoms with Crippen molar-refractivity contribution in [2.45, 2.75) is 19.8 Å². The van der Waals surface area contributed by atoms with Gasteiger partial charge < -0.3 is 20.1 Å². The van der Waals surface area contributed by atoms with Gasteiger partial charge in [0.25, 0.3) is 5.91 Å². The predicted octanol–water partition coefficient (Wildman–Crippen LogP) is 3.89. The number of ether oxygens (including phenoxy) is 2. The summed E-state index contributed by atoms with van der Waals surface area (Å²) in [6, 6.07) is 14.7. The Morgan fingerprint density at radius 2 is 1.61 bits per heavy atom. The van der Waals surface area contributed by atoms with Gasteiger partial charge in [0, 0.05) is 6.20 Å². The van der Waals surface area contributed by atoms with Crippen molar-refractivity contribution in [1.29, 1.82) is 5.26 Å². The Balaban J connectivity index is 2.17. The molecular weight excluding hydrogens is 398 g/mol. The fraction of sp³-hybridized carbons (Fsp3) is 0.217. The minimum Gasteiger partial charge on any atom is -0.465 e. The van der Waals surface area contributed by atoms with Gasteiger partial charge in [0.1, 0.15) is 11.6 Å². The van der Waals surface area contributed by atoms with Gasteiger partial charge in [0.15, 0.2) is 0 Å². The molecular formula is C23H23N3O5. The van der Waals surface area contributed by atoms with Crippen LogP contribution in [0.5, 0.6) is 0 Å². The summed E-state index contributed by atoms with van der Waals surface area (Å²) in [4.78, 5) is 36.7. The third-order valence-electron chi connectivity index (χ3n) is 4.20. The molecule has 0 unspecified atom stereocenters. The highest BCUT2D eigenvalue weighted by atomic mass is 16.5. The number of nitriles is 1. The molecule has 0 aliphatic carbocycles. The number of hydrogen-bond acceptors (Lipinski definition) is 7. The fourth-order valence-corrected chi connectivity index (χ4v) is 2.54. The van der Waals surface area contributed by atoms with E-state index in [9.17, 15) is 19.6 Å². The van der Waals surface area contributed by atoms with Crippen molar-refractivity contribution in [2.75, 3.05) is 24.4 Å². The lowest BCUT2D eigenvalue weighted by molar-refractivity contribution is -0.112. The number of carbonyl (C=O) groups excluding carboxylic acids is 3. The highest BCUT2D eigenvalue weighted by molar-refractivity contribution is 6.09. The topological polar surface area (TPSA) is 118 Å². The Morgan fingerprint density at radius 1 is 1.00 bits per heavy atom. The maximum Gasteiger partial charge on any atom is 0.340 e. The summed E-state index contributed by atoms with van der Waals surface area (Å²) in [5.41, 5.74) is 0.779. The number of hydrogen-bond donors (Lipinski definition) is 2. The van der Waals surface area contributed by atoms with Crippen LogP contribution in [0, 0.1) is 11.3 Å². The molecule has 8 heteroatoms. The highest BCUT2D eigenvalue weighted by Crippen LogP contribution is 2.19. The standard InChI is InChI=1S/C23H23N3O5/c1-3-4-13-31-23(29)17-9-5-7-11-19(17)25-15-16(14-24)21(27)26-20-12-8-6-10-18(20)22(28)30-2/h5-12,15,25H,3-4,13H2,1-2H3,(H,26,27)/b16-15-. The number of anilines is 2. The molecule has 160 valence electrons. The lowest BCUT2D eigenvalue weighted by Gasteiger charge is -2.11. The quantitative estimate of drug-likeness (QED) is 0.273. The van der Waals surface area contributed by atoms with Crippen molar-refractivity contribution in [2.24, 2.45) is 0 Å². The number of nitrogens with one attached hydrogen (secondary N) is 2. The highest BCUT2D eigenvalue weighted by Gasteiger charge is 2.16. The Hall–Kier alpha value is -4.12. The van der Waals surface area contributed by atoms with Crippen molar-refractivity contribution in [3.05, 3.63) is 71.4 Å². The molecule has 0 aliphatic heterocycles. The van der Waals surface area contributed by atoms with Crippen LogP contribution in [-0.4, -0.2) is 31.6 Å². The fourth-order valence-electron chi connectivity index (χ4n) is 2.54. The zero-order valence-electron chi connectivity index (χ0n) is 17.3. The van der Waals surface area contributed by atoms with Crippen molar-refractivity contribution in [3.63, 3.8) is 0 Å². The van der Waals surface area contributed by atoms with Gasteiger partial charge in [-0.3, -0.25) is 4.79 Å². The van der Waals surface area contributed by atoms with Crippen LogP contribution in [0.25, 0.3) is 0 Å². The van der Waals surface area contributed by atoms with E-state index in [1.165, 1.54) is 25.4 Å². The molecule has 8 nitrogen and oxygen atoms in total. The summed E-state index contributed by atoms with van der Waals surface area (Å²) < 4.78 is 9.92. The molecule has 2 aromatic rings. The molecule has 0 aliphatic rings. The Bertz CT molecular complexity index is 1020. The molecule has 0 bridgehead atoms. The van der Waals surface area contributed by atoms with Crippen LogP contribution in [-0.2, 0) is 14.3 Å². The number of esters is 2. The monoisotopic (exact) mass is 421 g/mol. The minimum absolute atomic E-state index is 0.156. The van der Waals surface area contributed by atoms with Crippen molar-refractivity contribution >= 4 is 29.2 Å². The van der Waals surface area contributed by atoms with Crippen molar-refractivity contribution in [1.82, 2.24) is 0 Å². The summed E-state index contributed by atoms with van der Waals surface area (Å²) in [5.74, 6) is -1.85. The first kappa shape index (κ1) is 23.2. The molecule has 0 heterocycles. The van der Waals surface area contributed by atoms with E-state index in [4.69, 9.17) is 9.47 Å². The summed E-state index contributed by atoms with van der Waals surface area (Å²) >= 11 is 0. The summed E-state index contributed by atoms with van der Waals surface area (Å²) in [5, 5.41) is 14.7. The van der Waals surface area contributed by atoms with Crippen LogP contribution in [0.4, 0.5) is 11.4 Å². The van der Waals surface area contributed by atoms with Crippen LogP contribution in [0.2, 0.25) is 0 Å². The molecule has 0 fully saturated rings. The van der Waals surface area contributed by atoms with E-state index in [1.54, 1.807) is 42.5 Å².